The van der Waals surface area contributed by atoms with Crippen molar-refractivity contribution in [2.24, 2.45) is 0 Å². The zero-order valence-electron chi connectivity index (χ0n) is 8.63. The first-order valence-corrected chi connectivity index (χ1v) is 5.42. The van der Waals surface area contributed by atoms with Crippen molar-refractivity contribution < 1.29 is 18.4 Å². The maximum absolute atomic E-state index is 13.6. The van der Waals surface area contributed by atoms with Crippen molar-refractivity contribution in [3.8, 4) is 0 Å². The molecule has 1 aliphatic rings. The summed E-state index contributed by atoms with van der Waals surface area (Å²) in [6.07, 6.45) is 1.09. The molecule has 0 aliphatic carbocycles. The Morgan fingerprint density at radius 2 is 1.82 bits per heavy atom. The van der Waals surface area contributed by atoms with Gasteiger partial charge in [0, 0.05) is 17.7 Å². The van der Waals surface area contributed by atoms with Crippen molar-refractivity contribution in [2.75, 3.05) is 4.90 Å². The summed E-state index contributed by atoms with van der Waals surface area (Å²) in [5.74, 6) is -2.90. The fourth-order valence-corrected chi connectivity index (χ4v) is 1.81. The Morgan fingerprint density at radius 1 is 1.18 bits per heavy atom. The molecule has 0 unspecified atom stereocenters. The first-order chi connectivity index (χ1) is 7.91. The minimum atomic E-state index is -0.844. The molecule has 0 aromatic heterocycles. The number of halogens is 3. The highest BCUT2D eigenvalue weighted by Crippen LogP contribution is 2.29. The van der Waals surface area contributed by atoms with Crippen molar-refractivity contribution in [2.45, 2.75) is 6.92 Å². The molecule has 0 bridgehead atoms. The number of anilines is 1. The quantitative estimate of drug-likeness (QED) is 0.590. The molecule has 0 spiro atoms. The molecule has 1 aromatic carbocycles. The standard InChI is InChI=1S/C11H6BrF2NO2/c1-5-2-10(16)15(11(5)17)9-4-7(13)6(12)3-8(9)14/h2-4H,1H3. The summed E-state index contributed by atoms with van der Waals surface area (Å²) in [4.78, 5) is 23.7. The van der Waals surface area contributed by atoms with Crippen LogP contribution in [0.25, 0.3) is 0 Å². The second-order valence-electron chi connectivity index (χ2n) is 3.52. The van der Waals surface area contributed by atoms with Gasteiger partial charge in [-0.05, 0) is 28.9 Å². The van der Waals surface area contributed by atoms with Crippen molar-refractivity contribution in [1.29, 1.82) is 0 Å². The highest BCUT2D eigenvalue weighted by molar-refractivity contribution is 9.10. The Labute approximate surface area is 104 Å². The third-order valence-corrected chi connectivity index (χ3v) is 2.94. The van der Waals surface area contributed by atoms with Crippen LogP contribution in [0.5, 0.6) is 0 Å². The van der Waals surface area contributed by atoms with Gasteiger partial charge in [0.2, 0.25) is 0 Å². The molecule has 88 valence electrons. The molecule has 2 rings (SSSR count). The number of imide groups is 1. The van der Waals surface area contributed by atoms with Gasteiger partial charge in [-0.25, -0.2) is 13.7 Å². The van der Waals surface area contributed by atoms with Gasteiger partial charge in [-0.15, -0.1) is 0 Å². The Bertz CT molecular complexity index is 569. The molecular weight excluding hydrogens is 296 g/mol. The van der Waals surface area contributed by atoms with Gasteiger partial charge in [0.15, 0.2) is 0 Å². The Morgan fingerprint density at radius 3 is 2.35 bits per heavy atom. The molecule has 6 heteroatoms. The number of hydrogen-bond donors (Lipinski definition) is 0. The second kappa shape index (κ2) is 4.03. The monoisotopic (exact) mass is 301 g/mol. The summed E-state index contributed by atoms with van der Waals surface area (Å²) in [5, 5.41) is 0. The minimum Gasteiger partial charge on any atom is -0.269 e. The third kappa shape index (κ3) is 1.88. The Hall–Kier alpha value is -1.56. The highest BCUT2D eigenvalue weighted by Gasteiger charge is 2.32. The van der Waals surface area contributed by atoms with Crippen LogP contribution < -0.4 is 4.90 Å². The van der Waals surface area contributed by atoms with E-state index in [1.807, 2.05) is 0 Å². The van der Waals surface area contributed by atoms with E-state index in [-0.39, 0.29) is 15.7 Å². The average Bonchev–Trinajstić information content (AvgIpc) is 2.48. The lowest BCUT2D eigenvalue weighted by Gasteiger charge is -2.15. The average molecular weight is 302 g/mol. The summed E-state index contributed by atoms with van der Waals surface area (Å²) in [7, 11) is 0. The van der Waals surface area contributed by atoms with E-state index in [1.165, 1.54) is 6.92 Å². The van der Waals surface area contributed by atoms with Crippen LogP contribution >= 0.6 is 15.9 Å². The third-order valence-electron chi connectivity index (χ3n) is 2.33. The lowest BCUT2D eigenvalue weighted by molar-refractivity contribution is -0.120. The number of amides is 2. The first-order valence-electron chi connectivity index (χ1n) is 4.63. The molecule has 0 saturated carbocycles. The van der Waals surface area contributed by atoms with Crippen molar-refractivity contribution >= 4 is 33.4 Å². The van der Waals surface area contributed by atoms with Crippen LogP contribution in [0.1, 0.15) is 6.92 Å². The van der Waals surface area contributed by atoms with E-state index in [1.54, 1.807) is 0 Å². The van der Waals surface area contributed by atoms with Gasteiger partial charge in [0.05, 0.1) is 10.2 Å². The fourth-order valence-electron chi connectivity index (χ4n) is 1.50. The lowest BCUT2D eigenvalue weighted by Crippen LogP contribution is -2.31. The van der Waals surface area contributed by atoms with Gasteiger partial charge >= 0.3 is 0 Å². The van der Waals surface area contributed by atoms with Crippen LogP contribution in [0.15, 0.2) is 28.3 Å². The molecule has 17 heavy (non-hydrogen) atoms. The zero-order valence-corrected chi connectivity index (χ0v) is 10.2. The first kappa shape index (κ1) is 11.9. The molecule has 2 amide bonds. The smallest absolute Gasteiger partial charge is 0.261 e. The molecule has 0 N–H and O–H groups in total. The van der Waals surface area contributed by atoms with E-state index in [4.69, 9.17) is 0 Å². The topological polar surface area (TPSA) is 37.4 Å². The van der Waals surface area contributed by atoms with Crippen LogP contribution in [-0.4, -0.2) is 11.8 Å². The van der Waals surface area contributed by atoms with Crippen molar-refractivity contribution in [1.82, 2.24) is 0 Å². The number of carbonyl (C=O) groups is 2. The molecule has 0 saturated heterocycles. The van der Waals surface area contributed by atoms with Crippen LogP contribution in [0, 0.1) is 11.6 Å². The molecule has 1 heterocycles. The van der Waals surface area contributed by atoms with Crippen molar-refractivity contribution in [3.05, 3.63) is 39.9 Å². The largest absolute Gasteiger partial charge is 0.269 e. The molecule has 0 atom stereocenters. The molecule has 0 fully saturated rings. The number of rotatable bonds is 1. The summed E-state index contributed by atoms with van der Waals surface area (Å²) >= 11 is 2.81. The van der Waals surface area contributed by atoms with E-state index in [9.17, 15) is 18.4 Å². The van der Waals surface area contributed by atoms with Gasteiger partial charge < -0.3 is 0 Å². The van der Waals surface area contributed by atoms with Crippen LogP contribution in [-0.2, 0) is 9.59 Å². The van der Waals surface area contributed by atoms with E-state index in [2.05, 4.69) is 15.9 Å². The summed E-state index contributed by atoms with van der Waals surface area (Å²) < 4.78 is 26.8. The predicted molar refractivity (Wildman–Crippen MR) is 60.3 cm³/mol. The van der Waals surface area contributed by atoms with Crippen molar-refractivity contribution in [3.63, 3.8) is 0 Å². The van der Waals surface area contributed by atoms with Crippen LogP contribution in [0.4, 0.5) is 14.5 Å². The normalized spacial score (nSPS) is 15.5. The predicted octanol–water partition coefficient (Wildman–Crippen LogP) is 2.55. The zero-order chi connectivity index (χ0) is 12.7. The summed E-state index contributed by atoms with van der Waals surface area (Å²) in [6, 6.07) is 1.68. The fraction of sp³-hybridized carbons (Fsp3) is 0.0909. The van der Waals surface area contributed by atoms with Gasteiger partial charge in [0.1, 0.15) is 11.6 Å². The van der Waals surface area contributed by atoms with E-state index >= 15 is 0 Å². The second-order valence-corrected chi connectivity index (χ2v) is 4.38. The van der Waals surface area contributed by atoms with Crippen LogP contribution in [0.2, 0.25) is 0 Å². The number of benzene rings is 1. The summed E-state index contributed by atoms with van der Waals surface area (Å²) in [5.41, 5.74) is -0.188. The van der Waals surface area contributed by atoms with Gasteiger partial charge in [-0.1, -0.05) is 0 Å². The van der Waals surface area contributed by atoms with Gasteiger partial charge in [-0.2, -0.15) is 0 Å². The number of hydrogen-bond acceptors (Lipinski definition) is 2. The van der Waals surface area contributed by atoms with Gasteiger partial charge in [0.25, 0.3) is 11.8 Å². The maximum Gasteiger partial charge on any atom is 0.261 e. The Balaban J connectivity index is 2.53. The SMILES string of the molecule is CC1=CC(=O)N(c2cc(F)c(Br)cc2F)C1=O. The summed E-state index contributed by atoms with van der Waals surface area (Å²) in [6.45, 7) is 1.44. The number of nitrogens with zero attached hydrogens (tertiary/aromatic N) is 1. The molecule has 1 aromatic rings. The van der Waals surface area contributed by atoms with Gasteiger partial charge in [-0.3, -0.25) is 9.59 Å². The molecule has 1 aliphatic heterocycles. The van der Waals surface area contributed by atoms with E-state index < -0.39 is 23.4 Å². The van der Waals surface area contributed by atoms with E-state index in [0.717, 1.165) is 18.2 Å². The maximum atomic E-state index is 13.6. The molecule has 0 radical (unpaired) electrons. The molecule has 3 nitrogen and oxygen atoms in total. The van der Waals surface area contributed by atoms with E-state index in [0.29, 0.717) is 4.90 Å². The highest BCUT2D eigenvalue weighted by atomic mass is 79.9. The number of carbonyl (C=O) groups excluding carboxylic acids is 2. The Kier molecular flexibility index (Phi) is 2.82. The molecular formula is C11H6BrF2NO2. The van der Waals surface area contributed by atoms with Crippen LogP contribution in [0.3, 0.4) is 0 Å². The lowest BCUT2D eigenvalue weighted by atomic mass is 10.2. The minimum absolute atomic E-state index is 0.0671.